The molecule has 0 aliphatic heterocycles. The van der Waals surface area contributed by atoms with Gasteiger partial charge in [0, 0.05) is 5.56 Å². The number of amidine groups is 1. The van der Waals surface area contributed by atoms with Crippen LogP contribution in [-0.2, 0) is 0 Å². The van der Waals surface area contributed by atoms with Gasteiger partial charge >= 0.3 is 0 Å². The SMILES string of the molecule is NC(=NNI)c1ccccc1. The maximum Gasteiger partial charge on any atom is 0.151 e. The van der Waals surface area contributed by atoms with E-state index >= 15 is 0 Å². The summed E-state index contributed by atoms with van der Waals surface area (Å²) in [5.74, 6) is 0.500. The number of halogens is 1. The Bertz CT molecular complexity index is 245. The number of rotatable bonds is 2. The second kappa shape index (κ2) is 4.17. The minimum absolute atomic E-state index is 0.500. The van der Waals surface area contributed by atoms with Crippen molar-refractivity contribution < 1.29 is 0 Å². The predicted octanol–water partition coefficient (Wildman–Crippen LogP) is 1.25. The lowest BCUT2D eigenvalue weighted by Crippen LogP contribution is -2.15. The molecule has 1 rings (SSSR count). The quantitative estimate of drug-likeness (QED) is 0.277. The number of nitrogens with zero attached hydrogens (tertiary/aromatic N) is 1. The van der Waals surface area contributed by atoms with Crippen molar-refractivity contribution in [1.82, 2.24) is 3.64 Å². The van der Waals surface area contributed by atoms with Crippen LogP contribution >= 0.6 is 22.9 Å². The second-order valence-electron chi connectivity index (χ2n) is 1.95. The van der Waals surface area contributed by atoms with Crippen LogP contribution in [0.4, 0.5) is 0 Å². The van der Waals surface area contributed by atoms with Crippen molar-refractivity contribution in [2.24, 2.45) is 10.8 Å². The highest BCUT2D eigenvalue weighted by Crippen LogP contribution is 1.96. The summed E-state index contributed by atoms with van der Waals surface area (Å²) in [5.41, 5.74) is 6.52. The van der Waals surface area contributed by atoms with E-state index in [1.54, 1.807) is 0 Å². The first kappa shape index (κ1) is 8.32. The molecule has 58 valence electrons. The molecule has 1 aromatic carbocycles. The van der Waals surface area contributed by atoms with Crippen molar-refractivity contribution >= 4 is 28.7 Å². The van der Waals surface area contributed by atoms with Crippen LogP contribution < -0.4 is 9.37 Å². The summed E-state index contributed by atoms with van der Waals surface area (Å²) in [6, 6.07) is 9.60. The minimum Gasteiger partial charge on any atom is -0.382 e. The van der Waals surface area contributed by atoms with E-state index in [0.717, 1.165) is 5.56 Å². The lowest BCUT2D eigenvalue weighted by atomic mass is 10.2. The first-order chi connectivity index (χ1) is 5.34. The summed E-state index contributed by atoms with van der Waals surface area (Å²) in [6.45, 7) is 0. The fourth-order valence-corrected chi connectivity index (χ4v) is 0.979. The third-order valence-corrected chi connectivity index (χ3v) is 1.47. The van der Waals surface area contributed by atoms with Crippen LogP contribution in [0.5, 0.6) is 0 Å². The zero-order valence-corrected chi connectivity index (χ0v) is 7.95. The van der Waals surface area contributed by atoms with Gasteiger partial charge in [0.05, 0.1) is 22.9 Å². The number of hydrazone groups is 1. The standard InChI is InChI=1S/C7H8IN3/c8-11-10-7(9)6-4-2-1-3-5-6/h1-5,11H,(H2,9,10). The molecule has 1 aromatic rings. The molecule has 0 unspecified atom stereocenters. The Balaban J connectivity index is 2.85. The zero-order chi connectivity index (χ0) is 8.10. The minimum atomic E-state index is 0.500. The van der Waals surface area contributed by atoms with Gasteiger partial charge in [0.2, 0.25) is 0 Å². The smallest absolute Gasteiger partial charge is 0.151 e. The number of hydrogen-bond donors (Lipinski definition) is 2. The van der Waals surface area contributed by atoms with Gasteiger partial charge in [0.15, 0.2) is 5.84 Å². The number of nitrogens with two attached hydrogens (primary N) is 1. The van der Waals surface area contributed by atoms with Gasteiger partial charge in [0.1, 0.15) is 0 Å². The first-order valence-corrected chi connectivity index (χ1v) is 4.16. The summed E-state index contributed by atoms with van der Waals surface area (Å²) in [4.78, 5) is 0. The summed E-state index contributed by atoms with van der Waals surface area (Å²) >= 11 is 1.91. The lowest BCUT2D eigenvalue weighted by molar-refractivity contribution is 1.15. The molecule has 0 aliphatic rings. The second-order valence-corrected chi connectivity index (χ2v) is 2.43. The lowest BCUT2D eigenvalue weighted by Gasteiger charge is -1.97. The largest absolute Gasteiger partial charge is 0.382 e. The van der Waals surface area contributed by atoms with Crippen molar-refractivity contribution in [3.63, 3.8) is 0 Å². The zero-order valence-electron chi connectivity index (χ0n) is 5.79. The molecule has 0 amide bonds. The molecule has 0 saturated heterocycles. The fourth-order valence-electron chi connectivity index (χ4n) is 0.719. The Morgan fingerprint density at radius 3 is 2.55 bits per heavy atom. The molecule has 0 aliphatic carbocycles. The Morgan fingerprint density at radius 1 is 1.36 bits per heavy atom. The van der Waals surface area contributed by atoms with E-state index in [-0.39, 0.29) is 0 Å². The molecule has 0 bridgehead atoms. The van der Waals surface area contributed by atoms with Gasteiger partial charge in [-0.3, -0.25) is 0 Å². The van der Waals surface area contributed by atoms with Crippen LogP contribution in [-0.4, -0.2) is 5.84 Å². The normalized spacial score (nSPS) is 11.2. The van der Waals surface area contributed by atoms with E-state index in [1.807, 2.05) is 53.2 Å². The van der Waals surface area contributed by atoms with Gasteiger partial charge in [-0.05, 0) is 0 Å². The number of hydrogen-bond acceptors (Lipinski definition) is 2. The van der Waals surface area contributed by atoms with E-state index < -0.39 is 0 Å². The fraction of sp³-hybridized carbons (Fsp3) is 0. The van der Waals surface area contributed by atoms with Crippen molar-refractivity contribution in [3.05, 3.63) is 35.9 Å². The molecular weight excluding hydrogens is 253 g/mol. The number of nitrogens with one attached hydrogen (secondary N) is 1. The highest BCUT2D eigenvalue weighted by molar-refractivity contribution is 14.1. The maximum atomic E-state index is 5.59. The maximum absolute atomic E-state index is 5.59. The molecular formula is C7H8IN3. The molecule has 0 heterocycles. The van der Waals surface area contributed by atoms with E-state index in [1.165, 1.54) is 0 Å². The molecule has 0 spiro atoms. The topological polar surface area (TPSA) is 50.4 Å². The first-order valence-electron chi connectivity index (χ1n) is 3.09. The van der Waals surface area contributed by atoms with Gasteiger partial charge in [-0.25, -0.2) is 3.64 Å². The van der Waals surface area contributed by atoms with Crippen LogP contribution in [0.3, 0.4) is 0 Å². The van der Waals surface area contributed by atoms with E-state index in [0.29, 0.717) is 5.84 Å². The molecule has 0 atom stereocenters. The Morgan fingerprint density at radius 2 is 2.00 bits per heavy atom. The number of benzene rings is 1. The Labute approximate surface area is 79.2 Å². The average Bonchev–Trinajstić information content (AvgIpc) is 2.07. The highest BCUT2D eigenvalue weighted by Gasteiger charge is 1.93. The van der Waals surface area contributed by atoms with Gasteiger partial charge < -0.3 is 5.73 Å². The Kier molecular flexibility index (Phi) is 3.15. The molecule has 3 nitrogen and oxygen atoms in total. The van der Waals surface area contributed by atoms with Gasteiger partial charge in [-0.2, -0.15) is 5.10 Å². The van der Waals surface area contributed by atoms with E-state index in [2.05, 4.69) is 8.74 Å². The third kappa shape index (κ3) is 2.38. The van der Waals surface area contributed by atoms with E-state index in [4.69, 9.17) is 5.73 Å². The Hall–Kier alpha value is -0.780. The van der Waals surface area contributed by atoms with Crippen LogP contribution in [0.25, 0.3) is 0 Å². The summed E-state index contributed by atoms with van der Waals surface area (Å²) in [7, 11) is 0. The molecule has 4 heteroatoms. The molecule has 0 radical (unpaired) electrons. The van der Waals surface area contributed by atoms with Crippen molar-refractivity contribution in [1.29, 1.82) is 0 Å². The summed E-state index contributed by atoms with van der Waals surface area (Å²) in [6.07, 6.45) is 0. The van der Waals surface area contributed by atoms with Crippen LogP contribution in [0.1, 0.15) is 5.56 Å². The molecule has 0 saturated carbocycles. The highest BCUT2D eigenvalue weighted by atomic mass is 127. The molecule has 3 N–H and O–H groups in total. The monoisotopic (exact) mass is 261 g/mol. The molecule has 11 heavy (non-hydrogen) atoms. The van der Waals surface area contributed by atoms with Crippen molar-refractivity contribution in [3.8, 4) is 0 Å². The molecule has 0 fully saturated rings. The van der Waals surface area contributed by atoms with E-state index in [9.17, 15) is 0 Å². The van der Waals surface area contributed by atoms with Gasteiger partial charge in [-0.15, -0.1) is 0 Å². The van der Waals surface area contributed by atoms with Crippen LogP contribution in [0.15, 0.2) is 35.4 Å². The predicted molar refractivity (Wildman–Crippen MR) is 54.3 cm³/mol. The molecule has 0 aromatic heterocycles. The third-order valence-electron chi connectivity index (χ3n) is 1.23. The van der Waals surface area contributed by atoms with Gasteiger partial charge in [0.25, 0.3) is 0 Å². The van der Waals surface area contributed by atoms with Crippen molar-refractivity contribution in [2.75, 3.05) is 0 Å². The average molecular weight is 261 g/mol. The van der Waals surface area contributed by atoms with Gasteiger partial charge in [-0.1, -0.05) is 30.3 Å². The van der Waals surface area contributed by atoms with Crippen LogP contribution in [0, 0.1) is 0 Å². The summed E-state index contributed by atoms with van der Waals surface area (Å²) < 4.78 is 2.60. The summed E-state index contributed by atoms with van der Waals surface area (Å²) in [5, 5.41) is 3.83. The van der Waals surface area contributed by atoms with Crippen molar-refractivity contribution in [2.45, 2.75) is 0 Å². The van der Waals surface area contributed by atoms with Crippen LogP contribution in [0.2, 0.25) is 0 Å².